The molecule has 2 nitrogen and oxygen atoms in total. The first-order valence-corrected chi connectivity index (χ1v) is 2.97. The highest BCUT2D eigenvalue weighted by Crippen LogP contribution is 2.21. The number of halogens is 3. The molecule has 0 atom stereocenters. The molecule has 0 spiro atoms. The van der Waals surface area contributed by atoms with Crippen LogP contribution in [-0.4, -0.2) is 16.1 Å². The molecule has 0 aliphatic rings. The highest BCUT2D eigenvalue weighted by atomic mass is 19.4. The van der Waals surface area contributed by atoms with Crippen molar-refractivity contribution in [3.05, 3.63) is 24.6 Å². The summed E-state index contributed by atoms with van der Waals surface area (Å²) in [5.41, 5.74) is 0. The van der Waals surface area contributed by atoms with Gasteiger partial charge in [-0.25, -0.2) is 4.98 Å². The molecule has 1 aromatic rings. The Balaban J connectivity index is 2.35. The van der Waals surface area contributed by atoms with Crippen molar-refractivity contribution in [1.82, 2.24) is 9.97 Å². The van der Waals surface area contributed by atoms with Crippen molar-refractivity contribution in [3.8, 4) is 0 Å². The molecule has 5 heteroatoms. The molecule has 0 aliphatic carbocycles. The van der Waals surface area contributed by atoms with Gasteiger partial charge in [0.2, 0.25) is 0 Å². The van der Waals surface area contributed by atoms with E-state index in [1.54, 1.807) is 0 Å². The molecule has 0 saturated heterocycles. The molecule has 0 aliphatic heterocycles. The van der Waals surface area contributed by atoms with Gasteiger partial charge in [-0.3, -0.25) is 0 Å². The van der Waals surface area contributed by atoms with Crippen LogP contribution in [0.15, 0.2) is 12.4 Å². The Kier molecular flexibility index (Phi) is 2.16. The van der Waals surface area contributed by atoms with Crippen LogP contribution in [-0.2, 0) is 0 Å². The van der Waals surface area contributed by atoms with Crippen molar-refractivity contribution in [2.24, 2.45) is 0 Å². The predicted molar refractivity (Wildman–Crippen MR) is 32.7 cm³/mol. The third-order valence-corrected chi connectivity index (χ3v) is 1.05. The van der Waals surface area contributed by atoms with Crippen LogP contribution in [0.4, 0.5) is 13.2 Å². The maximum atomic E-state index is 11.6. The lowest BCUT2D eigenvalue weighted by Crippen LogP contribution is -2.07. The summed E-state index contributed by atoms with van der Waals surface area (Å²) in [6.45, 7) is 0. The molecule has 0 bridgehead atoms. The molecular formula is C6H6F3N2. The summed E-state index contributed by atoms with van der Waals surface area (Å²) >= 11 is 0. The van der Waals surface area contributed by atoms with Crippen molar-refractivity contribution in [2.75, 3.05) is 0 Å². The fraction of sp³-hybridized carbons (Fsp3) is 0.333. The van der Waals surface area contributed by atoms with Crippen molar-refractivity contribution < 1.29 is 13.2 Å². The lowest BCUT2D eigenvalue weighted by atomic mass is 10.3. The Hall–Kier alpha value is -1.00. The summed E-state index contributed by atoms with van der Waals surface area (Å²) in [6, 6.07) is 0. The molecular weight excluding hydrogens is 157 g/mol. The highest BCUT2D eigenvalue weighted by molar-refractivity contribution is 5.01. The van der Waals surface area contributed by atoms with Crippen LogP contribution in [0.25, 0.3) is 0 Å². The first kappa shape index (κ1) is 8.10. The molecule has 1 aromatic heterocycles. The minimum absolute atomic E-state index is 0.252. The van der Waals surface area contributed by atoms with E-state index in [2.05, 4.69) is 9.97 Å². The fourth-order valence-corrected chi connectivity index (χ4v) is 0.602. The number of H-pyrrole nitrogens is 1. The topological polar surface area (TPSA) is 28.7 Å². The zero-order chi connectivity index (χ0) is 8.32. The zero-order valence-corrected chi connectivity index (χ0v) is 5.52. The van der Waals surface area contributed by atoms with Gasteiger partial charge in [-0.1, -0.05) is 0 Å². The zero-order valence-electron chi connectivity index (χ0n) is 5.52. The second-order valence-electron chi connectivity index (χ2n) is 2.00. The van der Waals surface area contributed by atoms with Crippen LogP contribution in [0.5, 0.6) is 0 Å². The van der Waals surface area contributed by atoms with Crippen LogP contribution in [0.3, 0.4) is 0 Å². The summed E-state index contributed by atoms with van der Waals surface area (Å²) in [7, 11) is 0. The Bertz CT molecular complexity index is 202. The van der Waals surface area contributed by atoms with E-state index in [4.69, 9.17) is 0 Å². The molecule has 0 fully saturated rings. The van der Waals surface area contributed by atoms with Crippen molar-refractivity contribution in [1.29, 1.82) is 0 Å². The van der Waals surface area contributed by atoms with E-state index in [9.17, 15) is 13.2 Å². The monoisotopic (exact) mass is 163 g/mol. The lowest BCUT2D eigenvalue weighted by molar-refractivity contribution is -0.127. The summed E-state index contributed by atoms with van der Waals surface area (Å²) in [5, 5.41) is 0. The maximum Gasteiger partial charge on any atom is 0.389 e. The number of nitrogens with one attached hydrogen (secondary N) is 1. The average Bonchev–Trinajstić information content (AvgIpc) is 2.32. The number of aromatic nitrogens is 2. The number of hydrogen-bond acceptors (Lipinski definition) is 1. The van der Waals surface area contributed by atoms with Crippen LogP contribution in [0, 0.1) is 6.42 Å². The lowest BCUT2D eigenvalue weighted by Gasteiger charge is -2.02. The van der Waals surface area contributed by atoms with E-state index in [0.29, 0.717) is 0 Å². The van der Waals surface area contributed by atoms with Crippen LogP contribution < -0.4 is 0 Å². The van der Waals surface area contributed by atoms with Gasteiger partial charge < -0.3 is 4.98 Å². The molecule has 1 heterocycles. The maximum absolute atomic E-state index is 11.6. The van der Waals surface area contributed by atoms with Gasteiger partial charge in [0, 0.05) is 18.8 Å². The molecule has 0 aromatic carbocycles. The second-order valence-corrected chi connectivity index (χ2v) is 2.00. The Labute approximate surface area is 61.5 Å². The first-order chi connectivity index (χ1) is 5.08. The molecule has 61 valence electrons. The van der Waals surface area contributed by atoms with E-state index in [1.807, 2.05) is 0 Å². The number of alkyl halides is 3. The minimum atomic E-state index is -4.15. The summed E-state index contributed by atoms with van der Waals surface area (Å²) in [6.07, 6.45) is -1.21. The largest absolute Gasteiger partial charge is 0.389 e. The summed E-state index contributed by atoms with van der Waals surface area (Å²) < 4.78 is 34.7. The summed E-state index contributed by atoms with van der Waals surface area (Å²) in [4.78, 5) is 6.15. The number of nitrogens with zero attached hydrogens (tertiary/aromatic N) is 1. The van der Waals surface area contributed by atoms with E-state index in [0.717, 1.165) is 6.42 Å². The standard InChI is InChI=1S/C6H6F3N2/c7-6(8,9)2-1-5-10-3-4-11-5/h1,3-4H,2H2,(H,10,11). The Morgan fingerprint density at radius 2 is 2.27 bits per heavy atom. The normalized spacial score (nSPS) is 11.9. The van der Waals surface area contributed by atoms with Gasteiger partial charge in [-0.15, -0.1) is 0 Å². The third-order valence-electron chi connectivity index (χ3n) is 1.05. The summed E-state index contributed by atoms with van der Waals surface area (Å²) in [5.74, 6) is 0.252. The quantitative estimate of drug-likeness (QED) is 0.708. The number of imidazole rings is 1. The van der Waals surface area contributed by atoms with Gasteiger partial charge in [0.25, 0.3) is 0 Å². The van der Waals surface area contributed by atoms with Crippen LogP contribution in [0.1, 0.15) is 12.2 Å². The molecule has 0 amide bonds. The molecule has 1 rings (SSSR count). The first-order valence-electron chi connectivity index (χ1n) is 2.97. The number of rotatable bonds is 2. The number of aromatic amines is 1. The molecule has 1 radical (unpaired) electrons. The van der Waals surface area contributed by atoms with E-state index in [-0.39, 0.29) is 5.82 Å². The van der Waals surface area contributed by atoms with Crippen molar-refractivity contribution in [3.63, 3.8) is 0 Å². The molecule has 1 N–H and O–H groups in total. The van der Waals surface area contributed by atoms with Gasteiger partial charge >= 0.3 is 6.18 Å². The minimum Gasteiger partial charge on any atom is -0.348 e. The number of hydrogen-bond donors (Lipinski definition) is 1. The Morgan fingerprint density at radius 3 is 2.73 bits per heavy atom. The van der Waals surface area contributed by atoms with Crippen LogP contribution in [0.2, 0.25) is 0 Å². The van der Waals surface area contributed by atoms with E-state index < -0.39 is 12.6 Å². The van der Waals surface area contributed by atoms with Gasteiger partial charge in [0.1, 0.15) is 5.82 Å². The Morgan fingerprint density at radius 1 is 1.55 bits per heavy atom. The van der Waals surface area contributed by atoms with E-state index >= 15 is 0 Å². The SMILES string of the molecule is FC(F)(F)C[CH]c1ncc[nH]1. The van der Waals surface area contributed by atoms with Gasteiger partial charge in [-0.2, -0.15) is 13.2 Å². The predicted octanol–water partition coefficient (Wildman–Crippen LogP) is 1.91. The van der Waals surface area contributed by atoms with Gasteiger partial charge in [0.15, 0.2) is 0 Å². The smallest absolute Gasteiger partial charge is 0.348 e. The van der Waals surface area contributed by atoms with Gasteiger partial charge in [-0.05, 0) is 0 Å². The van der Waals surface area contributed by atoms with E-state index in [1.165, 1.54) is 12.4 Å². The molecule has 0 saturated carbocycles. The second kappa shape index (κ2) is 2.94. The average molecular weight is 163 g/mol. The van der Waals surface area contributed by atoms with Gasteiger partial charge in [0.05, 0.1) is 6.42 Å². The van der Waals surface area contributed by atoms with Crippen LogP contribution >= 0.6 is 0 Å². The third kappa shape index (κ3) is 3.06. The molecule has 11 heavy (non-hydrogen) atoms. The van der Waals surface area contributed by atoms with Crippen molar-refractivity contribution in [2.45, 2.75) is 12.6 Å². The molecule has 0 unspecified atom stereocenters. The van der Waals surface area contributed by atoms with Crippen molar-refractivity contribution >= 4 is 0 Å². The highest BCUT2D eigenvalue weighted by Gasteiger charge is 2.26. The fourth-order valence-electron chi connectivity index (χ4n) is 0.602.